The van der Waals surface area contributed by atoms with Crippen molar-refractivity contribution in [1.82, 2.24) is 0 Å². The number of benzene rings is 4. The lowest BCUT2D eigenvalue weighted by Crippen LogP contribution is -2.38. The highest BCUT2D eigenvalue weighted by Gasteiger charge is 2.49. The van der Waals surface area contributed by atoms with E-state index in [0.717, 1.165) is 67.0 Å². The molecule has 4 aromatic carbocycles. The molecule has 3 unspecified atom stereocenters. The zero-order chi connectivity index (χ0) is 53.1. The number of methoxy groups -OCH3 is 4. The molecule has 0 spiro atoms. The van der Waals surface area contributed by atoms with Gasteiger partial charge < -0.3 is 28.1 Å². The molecule has 0 bridgehead atoms. The zero-order valence-corrected chi connectivity index (χ0v) is 49.0. The monoisotopic (exact) mass is 979 g/mol. The molecule has 0 heterocycles. The van der Waals surface area contributed by atoms with Crippen LogP contribution in [0.5, 0.6) is 23.0 Å². The van der Waals surface area contributed by atoms with Crippen molar-refractivity contribution < 1.29 is 28.1 Å². The van der Waals surface area contributed by atoms with Crippen molar-refractivity contribution in [2.45, 2.75) is 177 Å². The number of rotatable bonds is 14. The Bertz CT molecular complexity index is 2630. The molecule has 4 rings (SSSR count). The van der Waals surface area contributed by atoms with E-state index >= 15 is 9.13 Å². The van der Waals surface area contributed by atoms with Gasteiger partial charge in [-0.1, -0.05) is 137 Å². The maximum Gasteiger partial charge on any atom is 0.146 e. The minimum absolute atomic E-state index is 0.396. The van der Waals surface area contributed by atoms with Crippen molar-refractivity contribution in [3.05, 3.63) is 113 Å². The van der Waals surface area contributed by atoms with E-state index in [-0.39, 0.29) is 0 Å². The van der Waals surface area contributed by atoms with E-state index in [1.807, 2.05) is 45.9 Å². The normalized spacial score (nSPS) is 14.7. The Morgan fingerprint density at radius 2 is 0.551 bits per heavy atom. The van der Waals surface area contributed by atoms with E-state index < -0.39 is 52.7 Å². The molecule has 378 valence electrons. The van der Waals surface area contributed by atoms with Gasteiger partial charge in [0.05, 0.1) is 28.4 Å². The van der Waals surface area contributed by atoms with Crippen LogP contribution in [-0.4, -0.2) is 39.8 Å². The molecule has 0 amide bonds. The summed E-state index contributed by atoms with van der Waals surface area (Å²) in [6, 6.07) is 16.5. The standard InChI is InChI=1S/C61H88O6P2/c1-36(2)45-28-41(31-48(53(45)64-24)57(9,10)11)68(62,42-29-46(37(3)4)54(65-25)49(32-42)58(12,13)14)39(7)40(8)69(63,43-30-47(38(5)6)55(66-26)50(33-43)59(15,16)17)44-34-51(60(18,19)20)56(67-27)52(35-44)61(21,22)23/h28-35,39-40H,1,3,5H2,2,4,6-27H3. The minimum Gasteiger partial charge on any atom is -0.496 e. The van der Waals surface area contributed by atoms with Crippen molar-refractivity contribution >= 4 is 52.2 Å². The van der Waals surface area contributed by atoms with Crippen molar-refractivity contribution in [2.75, 3.05) is 28.4 Å². The average Bonchev–Trinajstić information content (AvgIpc) is 3.24. The molecule has 0 aliphatic carbocycles. The quantitative estimate of drug-likeness (QED) is 0.117. The molecule has 0 aliphatic heterocycles. The fourth-order valence-corrected chi connectivity index (χ4v) is 17.1. The van der Waals surface area contributed by atoms with Crippen LogP contribution in [0.15, 0.2) is 68.3 Å². The molecule has 0 N–H and O–H groups in total. The molecule has 0 aliphatic rings. The Morgan fingerprint density at radius 3 is 0.710 bits per heavy atom. The Balaban J connectivity index is 2.47. The summed E-state index contributed by atoms with van der Waals surface area (Å²) in [6.45, 7) is 55.6. The number of allylic oxidation sites excluding steroid dienone is 3. The first-order valence-corrected chi connectivity index (χ1v) is 27.9. The number of hydrogen-bond acceptors (Lipinski definition) is 6. The van der Waals surface area contributed by atoms with Gasteiger partial charge >= 0.3 is 0 Å². The molecule has 0 saturated heterocycles. The van der Waals surface area contributed by atoms with E-state index in [2.05, 4.69) is 161 Å². The number of hydrogen-bond donors (Lipinski definition) is 0. The molecule has 6 nitrogen and oxygen atoms in total. The molecular formula is C61H88O6P2. The maximum absolute atomic E-state index is 18.0. The van der Waals surface area contributed by atoms with E-state index in [9.17, 15) is 0 Å². The first-order chi connectivity index (χ1) is 31.3. The molecule has 69 heavy (non-hydrogen) atoms. The summed E-state index contributed by atoms with van der Waals surface area (Å²) >= 11 is 0. The van der Waals surface area contributed by atoms with E-state index in [4.69, 9.17) is 18.9 Å². The van der Waals surface area contributed by atoms with Crippen LogP contribution in [0, 0.1) is 0 Å². The molecular weight excluding hydrogens is 891 g/mol. The minimum atomic E-state index is -3.92. The van der Waals surface area contributed by atoms with Crippen LogP contribution in [0.2, 0.25) is 0 Å². The summed E-state index contributed by atoms with van der Waals surface area (Å²) in [5.41, 5.74) is 5.85. The third-order valence-electron chi connectivity index (χ3n) is 13.9. The summed E-state index contributed by atoms with van der Waals surface area (Å²) < 4.78 is 60.8. The third kappa shape index (κ3) is 10.8. The summed E-state index contributed by atoms with van der Waals surface area (Å²) in [4.78, 5) is 0. The maximum atomic E-state index is 18.0. The Hall–Kier alpha value is -4.24. The SMILES string of the molecule is C=C(C)c1cc(P(=O)(c2cc(C(=C)C)c(OC)c(C(C)(C)C)c2)C(C)C(C)P(=O)(c2cc(C(=C)C)c(OC)c(C(C)(C)C)c2)c2cc(C(C)(C)C)c(OC)c(C(C)(C)C)c2)cc(C(C)(C)C)c1OC. The van der Waals surface area contributed by atoms with Crippen LogP contribution in [0.1, 0.15) is 183 Å². The van der Waals surface area contributed by atoms with Crippen molar-refractivity contribution in [1.29, 1.82) is 0 Å². The van der Waals surface area contributed by atoms with E-state index in [1.165, 1.54) is 0 Å². The van der Waals surface area contributed by atoms with E-state index in [1.54, 1.807) is 28.4 Å². The lowest BCUT2D eigenvalue weighted by molar-refractivity contribution is 0.382. The van der Waals surface area contributed by atoms with Crippen LogP contribution in [0.4, 0.5) is 0 Å². The van der Waals surface area contributed by atoms with E-state index in [0.29, 0.717) is 38.5 Å². The predicted octanol–water partition coefficient (Wildman–Crippen LogP) is 15.4. The second kappa shape index (κ2) is 19.8. The van der Waals surface area contributed by atoms with Gasteiger partial charge in [0.2, 0.25) is 0 Å². The topological polar surface area (TPSA) is 71.1 Å². The first kappa shape index (κ1) is 57.3. The molecule has 0 fully saturated rings. The largest absolute Gasteiger partial charge is 0.496 e. The van der Waals surface area contributed by atoms with Crippen LogP contribution in [0.25, 0.3) is 16.7 Å². The average molecular weight is 979 g/mol. The van der Waals surface area contributed by atoms with Crippen LogP contribution >= 0.6 is 14.3 Å². The van der Waals surface area contributed by atoms with Crippen LogP contribution in [0.3, 0.4) is 0 Å². The van der Waals surface area contributed by atoms with Crippen LogP contribution < -0.4 is 40.2 Å². The summed E-state index contributed by atoms with van der Waals surface area (Å²) in [5.74, 6) is 2.89. The van der Waals surface area contributed by atoms with Crippen molar-refractivity contribution in [3.63, 3.8) is 0 Å². The lowest BCUT2D eigenvalue weighted by Gasteiger charge is -2.39. The molecule has 8 heteroatoms. The van der Waals surface area contributed by atoms with Gasteiger partial charge in [0.1, 0.15) is 37.3 Å². The van der Waals surface area contributed by atoms with Gasteiger partial charge in [-0.3, -0.25) is 0 Å². The predicted molar refractivity (Wildman–Crippen MR) is 302 cm³/mol. The summed E-state index contributed by atoms with van der Waals surface area (Å²) in [6.07, 6.45) is 0. The van der Waals surface area contributed by atoms with Gasteiger partial charge in [0, 0.05) is 77.0 Å². The zero-order valence-electron chi connectivity index (χ0n) is 47.2. The summed E-state index contributed by atoms with van der Waals surface area (Å²) in [7, 11) is -1.07. The Labute approximate surface area is 419 Å². The Morgan fingerprint density at radius 1 is 0.377 bits per heavy atom. The Kier molecular flexibility index (Phi) is 16.4. The van der Waals surface area contributed by atoms with Gasteiger partial charge in [0.15, 0.2) is 0 Å². The van der Waals surface area contributed by atoms with Crippen LogP contribution in [-0.2, 0) is 36.2 Å². The van der Waals surface area contributed by atoms with Gasteiger partial charge in [0.25, 0.3) is 0 Å². The fraction of sp³-hybridized carbons (Fsp3) is 0.508. The highest BCUT2D eigenvalue weighted by atomic mass is 31.2. The molecule has 0 aromatic heterocycles. The smallest absolute Gasteiger partial charge is 0.146 e. The molecule has 3 atom stereocenters. The lowest BCUT2D eigenvalue weighted by atomic mass is 9.79. The van der Waals surface area contributed by atoms with Gasteiger partial charge in [-0.15, -0.1) is 0 Å². The second-order valence-electron chi connectivity index (χ2n) is 24.7. The highest BCUT2D eigenvalue weighted by Crippen LogP contribution is 2.62. The first-order valence-electron chi connectivity index (χ1n) is 24.4. The number of ether oxygens (including phenoxy) is 4. The fourth-order valence-electron chi connectivity index (χ4n) is 9.68. The molecule has 0 saturated carbocycles. The van der Waals surface area contributed by atoms with Crippen molar-refractivity contribution in [2.24, 2.45) is 0 Å². The highest BCUT2D eigenvalue weighted by molar-refractivity contribution is 7.83. The summed E-state index contributed by atoms with van der Waals surface area (Å²) in [5, 5.41) is 2.62. The van der Waals surface area contributed by atoms with Gasteiger partial charge in [-0.25, -0.2) is 0 Å². The van der Waals surface area contributed by atoms with Gasteiger partial charge in [-0.2, -0.15) is 0 Å². The van der Waals surface area contributed by atoms with Gasteiger partial charge in [-0.05, 0) is 113 Å². The second-order valence-corrected chi connectivity index (χ2v) is 31.0. The molecule has 4 aromatic rings. The molecule has 0 radical (unpaired) electrons. The van der Waals surface area contributed by atoms with Crippen molar-refractivity contribution in [3.8, 4) is 23.0 Å². The third-order valence-corrected chi connectivity index (χ3v) is 21.4.